The van der Waals surface area contributed by atoms with Crippen molar-refractivity contribution in [3.05, 3.63) is 36.7 Å². The third-order valence-corrected chi connectivity index (χ3v) is 9.61. The van der Waals surface area contributed by atoms with E-state index < -0.39 is 26.2 Å². The molecule has 0 spiro atoms. The summed E-state index contributed by atoms with van der Waals surface area (Å²) in [7, 11) is -1.26. The van der Waals surface area contributed by atoms with Crippen LogP contribution in [0.25, 0.3) is 22.3 Å². The number of hydrogen-bond acceptors (Lipinski definition) is 7. The number of aromatic nitrogens is 3. The van der Waals surface area contributed by atoms with E-state index in [1.165, 1.54) is 0 Å². The fraction of sp³-hybridized carbons (Fsp3) is 0.586. The van der Waals surface area contributed by atoms with E-state index in [9.17, 15) is 13.2 Å². The van der Waals surface area contributed by atoms with Crippen LogP contribution in [0.5, 0.6) is 0 Å². The molecule has 0 radical (unpaired) electrons. The van der Waals surface area contributed by atoms with Gasteiger partial charge in [-0.05, 0) is 61.7 Å². The van der Waals surface area contributed by atoms with Crippen molar-refractivity contribution < 1.29 is 22.6 Å². The summed E-state index contributed by atoms with van der Waals surface area (Å²) in [5, 5.41) is 6.87. The van der Waals surface area contributed by atoms with Gasteiger partial charge in [0, 0.05) is 33.5 Å². The topological polar surface area (TPSA) is 76.5 Å². The average Bonchev–Trinajstić information content (AvgIpc) is 3.33. The first-order chi connectivity index (χ1) is 19.6. The van der Waals surface area contributed by atoms with Gasteiger partial charge in [0.15, 0.2) is 0 Å². The van der Waals surface area contributed by atoms with Crippen LogP contribution in [0.4, 0.5) is 24.7 Å². The number of anilines is 2. The molecule has 2 saturated heterocycles. The number of piperidine rings is 1. The summed E-state index contributed by atoms with van der Waals surface area (Å²) in [6.07, 6.45) is -1.74. The highest BCUT2D eigenvalue weighted by atomic mass is 28.3. The SMILES string of the molecule is C[Si](C)(C)CCOCn1c(-c2ccc(NC(C3CCNCC3)C(F)(F)F)cc2)cc2c(N3CCOCC3)ncnc21. The van der Waals surface area contributed by atoms with E-state index in [1.807, 2.05) is 16.7 Å². The predicted molar refractivity (Wildman–Crippen MR) is 159 cm³/mol. The minimum absolute atomic E-state index is 0.328. The Balaban J connectivity index is 1.44. The summed E-state index contributed by atoms with van der Waals surface area (Å²) < 4.78 is 55.7. The first kappa shape index (κ1) is 29.8. The predicted octanol–water partition coefficient (Wildman–Crippen LogP) is 5.59. The Morgan fingerprint density at radius 3 is 2.46 bits per heavy atom. The largest absolute Gasteiger partial charge is 0.408 e. The van der Waals surface area contributed by atoms with E-state index in [0.29, 0.717) is 58.2 Å². The van der Waals surface area contributed by atoms with Gasteiger partial charge in [-0.1, -0.05) is 31.8 Å². The lowest BCUT2D eigenvalue weighted by Gasteiger charge is -2.33. The number of nitrogens with zero attached hydrogens (tertiary/aromatic N) is 4. The van der Waals surface area contributed by atoms with Gasteiger partial charge in [0.25, 0.3) is 0 Å². The Morgan fingerprint density at radius 1 is 1.10 bits per heavy atom. The molecule has 2 aliphatic heterocycles. The van der Waals surface area contributed by atoms with Crippen LogP contribution in [-0.4, -0.2) is 80.8 Å². The molecule has 8 nitrogen and oxygen atoms in total. The zero-order valence-electron chi connectivity index (χ0n) is 24.1. The number of hydrogen-bond donors (Lipinski definition) is 2. The van der Waals surface area contributed by atoms with Crippen molar-refractivity contribution in [2.75, 3.05) is 56.2 Å². The molecular weight excluding hydrogens is 549 g/mol. The molecule has 0 amide bonds. The summed E-state index contributed by atoms with van der Waals surface area (Å²) in [4.78, 5) is 11.4. The number of benzene rings is 1. The van der Waals surface area contributed by atoms with Gasteiger partial charge < -0.3 is 29.6 Å². The van der Waals surface area contributed by atoms with Crippen molar-refractivity contribution in [2.24, 2.45) is 5.92 Å². The van der Waals surface area contributed by atoms with Gasteiger partial charge in [-0.3, -0.25) is 0 Å². The van der Waals surface area contributed by atoms with Gasteiger partial charge in [0.2, 0.25) is 0 Å². The van der Waals surface area contributed by atoms with Crippen LogP contribution in [0, 0.1) is 5.92 Å². The lowest BCUT2D eigenvalue weighted by Crippen LogP contribution is -2.46. The highest BCUT2D eigenvalue weighted by Crippen LogP contribution is 2.35. The Labute approximate surface area is 240 Å². The monoisotopic (exact) mass is 590 g/mol. The normalized spacial score (nSPS) is 18.1. The molecule has 41 heavy (non-hydrogen) atoms. The minimum Gasteiger partial charge on any atom is -0.378 e. The van der Waals surface area contributed by atoms with E-state index in [2.05, 4.69) is 51.2 Å². The smallest absolute Gasteiger partial charge is 0.378 e. The summed E-state index contributed by atoms with van der Waals surface area (Å²) in [6, 6.07) is 8.74. The Kier molecular flexibility index (Phi) is 9.22. The minimum atomic E-state index is -4.32. The Bertz CT molecular complexity index is 1280. The summed E-state index contributed by atoms with van der Waals surface area (Å²) >= 11 is 0. The van der Waals surface area contributed by atoms with Crippen LogP contribution in [-0.2, 0) is 16.2 Å². The molecule has 2 aliphatic rings. The van der Waals surface area contributed by atoms with Crippen molar-refractivity contribution in [1.82, 2.24) is 19.9 Å². The van der Waals surface area contributed by atoms with Gasteiger partial charge in [-0.15, -0.1) is 0 Å². The highest BCUT2D eigenvalue weighted by molar-refractivity contribution is 6.76. The lowest BCUT2D eigenvalue weighted by atomic mass is 9.89. The van der Waals surface area contributed by atoms with E-state index in [1.54, 1.807) is 18.5 Å². The molecule has 1 unspecified atom stereocenters. The maximum atomic E-state index is 14.0. The standard InChI is InChI=1S/C29H41F3N6O2Si/c1-41(2,3)17-16-40-20-38-25(18-24-27(34-19-35-28(24)38)37-12-14-39-15-13-37)21-4-6-23(7-5-21)36-26(29(30,31)32)22-8-10-33-11-9-22/h4-7,18-19,22,26,33,36H,8-17,20H2,1-3H3. The molecule has 3 aromatic rings. The zero-order valence-corrected chi connectivity index (χ0v) is 25.1. The lowest BCUT2D eigenvalue weighted by molar-refractivity contribution is -0.155. The molecule has 0 aliphatic carbocycles. The number of ether oxygens (including phenoxy) is 2. The molecule has 12 heteroatoms. The average molecular weight is 591 g/mol. The number of fused-ring (bicyclic) bond motifs is 1. The van der Waals surface area contributed by atoms with Gasteiger partial charge in [0.1, 0.15) is 30.6 Å². The van der Waals surface area contributed by atoms with Crippen molar-refractivity contribution in [3.63, 3.8) is 0 Å². The van der Waals surface area contributed by atoms with Gasteiger partial charge in [-0.2, -0.15) is 13.2 Å². The maximum absolute atomic E-state index is 14.0. The van der Waals surface area contributed by atoms with Gasteiger partial charge in [0.05, 0.1) is 24.3 Å². The molecule has 224 valence electrons. The van der Waals surface area contributed by atoms with E-state index in [4.69, 9.17) is 9.47 Å². The van der Waals surface area contributed by atoms with Crippen molar-refractivity contribution in [3.8, 4) is 11.3 Å². The first-order valence-corrected chi connectivity index (χ1v) is 18.2. The Morgan fingerprint density at radius 2 is 1.80 bits per heavy atom. The molecule has 2 aromatic heterocycles. The van der Waals surface area contributed by atoms with E-state index in [-0.39, 0.29) is 0 Å². The van der Waals surface area contributed by atoms with E-state index >= 15 is 0 Å². The van der Waals surface area contributed by atoms with Crippen LogP contribution in [0.1, 0.15) is 12.8 Å². The first-order valence-electron chi connectivity index (χ1n) is 14.5. The maximum Gasteiger partial charge on any atom is 0.408 e. The van der Waals surface area contributed by atoms with Crippen molar-refractivity contribution in [2.45, 2.75) is 57.5 Å². The molecule has 4 heterocycles. The molecule has 0 bridgehead atoms. The highest BCUT2D eigenvalue weighted by Gasteiger charge is 2.44. The number of nitrogens with one attached hydrogen (secondary N) is 2. The van der Waals surface area contributed by atoms with Crippen LogP contribution in [0.2, 0.25) is 25.7 Å². The Hall–Kier alpha value is -2.67. The zero-order chi connectivity index (χ0) is 29.0. The molecule has 1 aromatic carbocycles. The van der Waals surface area contributed by atoms with Gasteiger partial charge in [-0.25, -0.2) is 9.97 Å². The second-order valence-electron chi connectivity index (χ2n) is 12.2. The van der Waals surface area contributed by atoms with Crippen LogP contribution in [0.15, 0.2) is 36.7 Å². The summed E-state index contributed by atoms with van der Waals surface area (Å²) in [6.45, 7) is 11.9. The third-order valence-electron chi connectivity index (χ3n) is 7.91. The number of alkyl halides is 3. The second kappa shape index (κ2) is 12.7. The third kappa shape index (κ3) is 7.40. The van der Waals surface area contributed by atoms with Crippen LogP contribution < -0.4 is 15.5 Å². The van der Waals surface area contributed by atoms with E-state index in [0.717, 1.165) is 47.2 Å². The van der Waals surface area contributed by atoms with Gasteiger partial charge >= 0.3 is 6.18 Å². The van der Waals surface area contributed by atoms with Crippen molar-refractivity contribution >= 4 is 30.6 Å². The quantitative estimate of drug-likeness (QED) is 0.236. The molecule has 0 saturated carbocycles. The molecule has 5 rings (SSSR count). The fourth-order valence-electron chi connectivity index (χ4n) is 5.54. The molecule has 2 N–H and O–H groups in total. The molecule has 1 atom stereocenters. The second-order valence-corrected chi connectivity index (χ2v) is 17.8. The number of morpholine rings is 1. The van der Waals surface area contributed by atoms with Crippen molar-refractivity contribution in [1.29, 1.82) is 0 Å². The molecular formula is C29H41F3N6O2Si. The summed E-state index contributed by atoms with van der Waals surface area (Å²) in [5.41, 5.74) is 2.99. The molecule has 2 fully saturated rings. The number of rotatable bonds is 10. The van der Waals surface area contributed by atoms with Crippen LogP contribution >= 0.6 is 0 Å². The van der Waals surface area contributed by atoms with Crippen LogP contribution in [0.3, 0.4) is 0 Å². The number of halogens is 3. The summed E-state index contributed by atoms with van der Waals surface area (Å²) in [5.74, 6) is 0.401. The fourth-order valence-corrected chi connectivity index (χ4v) is 6.30.